The van der Waals surface area contributed by atoms with Crippen LogP contribution in [0.1, 0.15) is 16.8 Å². The first-order chi connectivity index (χ1) is 7.20. The second-order valence-electron chi connectivity index (χ2n) is 3.99. The van der Waals surface area contributed by atoms with Gasteiger partial charge in [0.25, 0.3) is 0 Å². The first-order valence-corrected chi connectivity index (χ1v) is 5.27. The van der Waals surface area contributed by atoms with Gasteiger partial charge < -0.3 is 5.73 Å². The monoisotopic (exact) mass is 200 g/mol. The lowest BCUT2D eigenvalue weighted by atomic mass is 10.1. The Morgan fingerprint density at radius 3 is 2.73 bits per heavy atom. The van der Waals surface area contributed by atoms with Gasteiger partial charge in [-0.05, 0) is 44.2 Å². The van der Waals surface area contributed by atoms with E-state index in [-0.39, 0.29) is 0 Å². The summed E-state index contributed by atoms with van der Waals surface area (Å²) >= 11 is 0. The van der Waals surface area contributed by atoms with Crippen LogP contribution in [-0.2, 0) is 6.42 Å². The smallest absolute Gasteiger partial charge is 0.0708 e. The van der Waals surface area contributed by atoms with Crippen LogP contribution in [0.4, 0.5) is 0 Å². The fraction of sp³-hybridized carbons (Fsp3) is 0.308. The number of nitrogens with zero attached hydrogens (tertiary/aromatic N) is 1. The molecule has 78 valence electrons. The van der Waals surface area contributed by atoms with Crippen LogP contribution in [0, 0.1) is 13.8 Å². The molecule has 2 nitrogen and oxygen atoms in total. The summed E-state index contributed by atoms with van der Waals surface area (Å²) in [4.78, 5) is 4.59. The van der Waals surface area contributed by atoms with E-state index in [1.165, 1.54) is 16.5 Å². The summed E-state index contributed by atoms with van der Waals surface area (Å²) in [6.45, 7) is 4.89. The molecule has 0 aliphatic heterocycles. The number of hydrogen-bond acceptors (Lipinski definition) is 2. The second-order valence-corrected chi connectivity index (χ2v) is 3.99. The number of rotatable bonds is 2. The van der Waals surface area contributed by atoms with Gasteiger partial charge >= 0.3 is 0 Å². The average Bonchev–Trinajstić information content (AvgIpc) is 2.20. The lowest BCUT2D eigenvalue weighted by Crippen LogP contribution is -2.04. The lowest BCUT2D eigenvalue weighted by Gasteiger charge is -2.06. The third-order valence-electron chi connectivity index (χ3n) is 2.62. The van der Waals surface area contributed by atoms with E-state index in [9.17, 15) is 0 Å². The minimum absolute atomic E-state index is 0.657. The second kappa shape index (κ2) is 3.99. The maximum Gasteiger partial charge on any atom is 0.0708 e. The predicted octanol–water partition coefficient (Wildman–Crippen LogP) is 2.35. The summed E-state index contributed by atoms with van der Waals surface area (Å²) < 4.78 is 0. The summed E-state index contributed by atoms with van der Waals surface area (Å²) in [6.07, 6.45) is 0.852. The Bertz CT molecular complexity index is 489. The standard InChI is InChI=1S/C13H16N2/c1-9-3-4-13-12(7-9)10(2)8-11(15-13)5-6-14/h3-4,7-8H,5-6,14H2,1-2H3. The highest BCUT2D eigenvalue weighted by atomic mass is 14.7. The molecule has 2 N–H and O–H groups in total. The number of aromatic nitrogens is 1. The molecule has 2 aromatic rings. The maximum absolute atomic E-state index is 5.54. The Kier molecular flexibility index (Phi) is 2.69. The molecule has 0 unspecified atom stereocenters. The molecule has 0 radical (unpaired) electrons. The molecular weight excluding hydrogens is 184 g/mol. The van der Waals surface area contributed by atoms with Crippen molar-refractivity contribution in [2.75, 3.05) is 6.54 Å². The SMILES string of the molecule is Cc1ccc2nc(CCN)cc(C)c2c1. The Hall–Kier alpha value is -1.41. The molecule has 0 bridgehead atoms. The molecule has 2 heteroatoms. The molecule has 2 rings (SSSR count). The van der Waals surface area contributed by atoms with Crippen molar-refractivity contribution in [2.45, 2.75) is 20.3 Å². The van der Waals surface area contributed by atoms with Gasteiger partial charge in [0, 0.05) is 17.5 Å². The fourth-order valence-electron chi connectivity index (χ4n) is 1.85. The summed E-state index contributed by atoms with van der Waals surface area (Å²) in [5.74, 6) is 0. The van der Waals surface area contributed by atoms with Gasteiger partial charge in [-0.15, -0.1) is 0 Å². The molecule has 1 aromatic heterocycles. The van der Waals surface area contributed by atoms with Crippen molar-refractivity contribution in [3.8, 4) is 0 Å². The molecule has 0 amide bonds. The number of hydrogen-bond donors (Lipinski definition) is 1. The van der Waals surface area contributed by atoms with Crippen molar-refractivity contribution < 1.29 is 0 Å². The van der Waals surface area contributed by atoms with Crippen LogP contribution in [0.2, 0.25) is 0 Å². The third-order valence-corrected chi connectivity index (χ3v) is 2.62. The van der Waals surface area contributed by atoms with E-state index in [2.05, 4.69) is 43.1 Å². The quantitative estimate of drug-likeness (QED) is 0.808. The van der Waals surface area contributed by atoms with Crippen molar-refractivity contribution in [3.63, 3.8) is 0 Å². The fourth-order valence-corrected chi connectivity index (χ4v) is 1.85. The number of nitrogens with two attached hydrogens (primary N) is 1. The molecule has 0 saturated heterocycles. The van der Waals surface area contributed by atoms with E-state index in [4.69, 9.17) is 5.73 Å². The zero-order valence-electron chi connectivity index (χ0n) is 9.25. The van der Waals surface area contributed by atoms with Gasteiger partial charge in [0.2, 0.25) is 0 Å². The predicted molar refractivity (Wildman–Crippen MR) is 64.0 cm³/mol. The van der Waals surface area contributed by atoms with E-state index in [1.54, 1.807) is 0 Å². The molecule has 0 saturated carbocycles. The van der Waals surface area contributed by atoms with Gasteiger partial charge in [-0.3, -0.25) is 4.98 Å². The molecule has 15 heavy (non-hydrogen) atoms. The van der Waals surface area contributed by atoms with Crippen LogP contribution in [0.5, 0.6) is 0 Å². The van der Waals surface area contributed by atoms with Crippen LogP contribution >= 0.6 is 0 Å². The number of aryl methyl sites for hydroxylation is 2. The molecule has 0 spiro atoms. The van der Waals surface area contributed by atoms with Gasteiger partial charge in [0.15, 0.2) is 0 Å². The first kappa shape index (κ1) is 10.1. The molecule has 0 aliphatic rings. The zero-order chi connectivity index (χ0) is 10.8. The van der Waals surface area contributed by atoms with Crippen LogP contribution < -0.4 is 5.73 Å². The van der Waals surface area contributed by atoms with Gasteiger partial charge in [0.1, 0.15) is 0 Å². The molecule has 0 fully saturated rings. The number of benzene rings is 1. The Balaban J connectivity index is 2.62. The normalized spacial score (nSPS) is 10.9. The maximum atomic E-state index is 5.54. The van der Waals surface area contributed by atoms with E-state index in [0.29, 0.717) is 6.54 Å². The van der Waals surface area contributed by atoms with Crippen molar-refractivity contribution in [1.82, 2.24) is 4.98 Å². The highest BCUT2D eigenvalue weighted by Gasteiger charge is 2.02. The van der Waals surface area contributed by atoms with Crippen molar-refractivity contribution in [1.29, 1.82) is 0 Å². The molecule has 0 atom stereocenters. The lowest BCUT2D eigenvalue weighted by molar-refractivity contribution is 0.930. The third kappa shape index (κ3) is 2.00. The van der Waals surface area contributed by atoms with Gasteiger partial charge in [-0.1, -0.05) is 11.6 Å². The summed E-state index contributed by atoms with van der Waals surface area (Å²) in [7, 11) is 0. The average molecular weight is 200 g/mol. The number of pyridine rings is 1. The minimum atomic E-state index is 0.657. The van der Waals surface area contributed by atoms with E-state index in [1.807, 2.05) is 0 Å². The topological polar surface area (TPSA) is 38.9 Å². The van der Waals surface area contributed by atoms with Crippen LogP contribution in [-0.4, -0.2) is 11.5 Å². The van der Waals surface area contributed by atoms with E-state index >= 15 is 0 Å². The minimum Gasteiger partial charge on any atom is -0.330 e. The first-order valence-electron chi connectivity index (χ1n) is 5.27. The van der Waals surface area contributed by atoms with Gasteiger partial charge in [-0.2, -0.15) is 0 Å². The summed E-state index contributed by atoms with van der Waals surface area (Å²) in [6, 6.07) is 8.50. The summed E-state index contributed by atoms with van der Waals surface area (Å²) in [5, 5.41) is 1.25. The van der Waals surface area contributed by atoms with Crippen molar-refractivity contribution >= 4 is 10.9 Å². The molecular formula is C13H16N2. The molecule has 1 aromatic carbocycles. The van der Waals surface area contributed by atoms with Crippen LogP contribution in [0.3, 0.4) is 0 Å². The van der Waals surface area contributed by atoms with Crippen molar-refractivity contribution in [2.24, 2.45) is 5.73 Å². The van der Waals surface area contributed by atoms with Crippen LogP contribution in [0.25, 0.3) is 10.9 Å². The summed E-state index contributed by atoms with van der Waals surface area (Å²) in [5.41, 5.74) is 10.3. The highest BCUT2D eigenvalue weighted by Crippen LogP contribution is 2.19. The Morgan fingerprint density at radius 2 is 2.00 bits per heavy atom. The highest BCUT2D eigenvalue weighted by molar-refractivity contribution is 5.82. The largest absolute Gasteiger partial charge is 0.330 e. The van der Waals surface area contributed by atoms with E-state index < -0.39 is 0 Å². The van der Waals surface area contributed by atoms with E-state index in [0.717, 1.165) is 17.6 Å². The van der Waals surface area contributed by atoms with Gasteiger partial charge in [-0.25, -0.2) is 0 Å². The zero-order valence-corrected chi connectivity index (χ0v) is 9.25. The Morgan fingerprint density at radius 1 is 1.20 bits per heavy atom. The molecule has 0 aliphatic carbocycles. The molecule has 1 heterocycles. The van der Waals surface area contributed by atoms with Crippen molar-refractivity contribution in [3.05, 3.63) is 41.1 Å². The Labute approximate surface area is 90.1 Å². The van der Waals surface area contributed by atoms with Crippen LogP contribution in [0.15, 0.2) is 24.3 Å². The number of fused-ring (bicyclic) bond motifs is 1. The van der Waals surface area contributed by atoms with Gasteiger partial charge in [0.05, 0.1) is 5.52 Å².